The molecular formula is C15H21F2NO3. The van der Waals surface area contributed by atoms with Gasteiger partial charge in [0.15, 0.2) is 0 Å². The molecule has 1 rings (SSSR count). The lowest BCUT2D eigenvalue weighted by Gasteiger charge is -2.23. The summed E-state index contributed by atoms with van der Waals surface area (Å²) in [5, 5.41) is 11.6. The number of aliphatic hydroxyl groups excluding tert-OH is 1. The predicted molar refractivity (Wildman–Crippen MR) is 74.9 cm³/mol. The molecule has 0 saturated carbocycles. The van der Waals surface area contributed by atoms with Crippen LogP contribution < -0.4 is 5.32 Å². The standard InChI is InChI=1S/C15H21F2NO3/c1-15(2,3)21-14(20)18-13(4-5-19)8-10-6-11(16)9-12(17)7-10/h6-7,9,13,19H,4-5,8H2,1-3H3,(H,18,20). The van der Waals surface area contributed by atoms with Crippen molar-refractivity contribution in [3.63, 3.8) is 0 Å². The molecule has 0 aromatic heterocycles. The Hall–Kier alpha value is -1.69. The molecule has 0 spiro atoms. The van der Waals surface area contributed by atoms with E-state index < -0.39 is 29.4 Å². The summed E-state index contributed by atoms with van der Waals surface area (Å²) in [7, 11) is 0. The molecule has 0 fully saturated rings. The van der Waals surface area contributed by atoms with Crippen LogP contribution in [-0.2, 0) is 11.2 Å². The smallest absolute Gasteiger partial charge is 0.407 e. The average Bonchev–Trinajstić information content (AvgIpc) is 2.24. The fourth-order valence-corrected chi connectivity index (χ4v) is 1.87. The molecule has 118 valence electrons. The minimum Gasteiger partial charge on any atom is -0.444 e. The second kappa shape index (κ2) is 7.36. The molecule has 0 radical (unpaired) electrons. The Morgan fingerprint density at radius 1 is 1.29 bits per heavy atom. The number of amides is 1. The van der Waals surface area contributed by atoms with Gasteiger partial charge in [-0.15, -0.1) is 0 Å². The van der Waals surface area contributed by atoms with Crippen molar-refractivity contribution in [2.24, 2.45) is 0 Å². The molecule has 4 nitrogen and oxygen atoms in total. The van der Waals surface area contributed by atoms with Crippen LogP contribution in [0.5, 0.6) is 0 Å². The van der Waals surface area contributed by atoms with E-state index in [1.807, 2.05) is 0 Å². The summed E-state index contributed by atoms with van der Waals surface area (Å²) in [6, 6.07) is 2.71. The highest BCUT2D eigenvalue weighted by Gasteiger charge is 2.19. The van der Waals surface area contributed by atoms with Crippen LogP contribution in [0.2, 0.25) is 0 Å². The van der Waals surface area contributed by atoms with Crippen LogP contribution in [0.3, 0.4) is 0 Å². The second-order valence-electron chi connectivity index (χ2n) is 5.84. The second-order valence-corrected chi connectivity index (χ2v) is 5.84. The van der Waals surface area contributed by atoms with Gasteiger partial charge >= 0.3 is 6.09 Å². The summed E-state index contributed by atoms with van der Waals surface area (Å²) >= 11 is 0. The van der Waals surface area contributed by atoms with E-state index in [4.69, 9.17) is 9.84 Å². The van der Waals surface area contributed by atoms with Crippen LogP contribution in [0.25, 0.3) is 0 Å². The number of alkyl carbamates (subject to hydrolysis) is 1. The van der Waals surface area contributed by atoms with Crippen LogP contribution in [-0.4, -0.2) is 29.4 Å². The Morgan fingerprint density at radius 3 is 2.33 bits per heavy atom. The maximum atomic E-state index is 13.1. The Labute approximate surface area is 123 Å². The summed E-state index contributed by atoms with van der Waals surface area (Å²) in [5.41, 5.74) is -0.235. The largest absolute Gasteiger partial charge is 0.444 e. The summed E-state index contributed by atoms with van der Waals surface area (Å²) in [5.74, 6) is -1.35. The van der Waals surface area contributed by atoms with E-state index in [9.17, 15) is 13.6 Å². The van der Waals surface area contributed by atoms with Crippen molar-refractivity contribution >= 4 is 6.09 Å². The lowest BCUT2D eigenvalue weighted by atomic mass is 10.0. The highest BCUT2D eigenvalue weighted by molar-refractivity contribution is 5.68. The van der Waals surface area contributed by atoms with Crippen molar-refractivity contribution < 1.29 is 23.4 Å². The molecule has 6 heteroatoms. The first-order valence-corrected chi connectivity index (χ1v) is 6.75. The van der Waals surface area contributed by atoms with Crippen molar-refractivity contribution in [1.29, 1.82) is 0 Å². The van der Waals surface area contributed by atoms with Gasteiger partial charge < -0.3 is 15.2 Å². The third kappa shape index (κ3) is 7.04. The number of nitrogens with one attached hydrogen (secondary N) is 1. The SMILES string of the molecule is CC(C)(C)OC(=O)NC(CCO)Cc1cc(F)cc(F)c1. The van der Waals surface area contributed by atoms with Gasteiger partial charge in [0, 0.05) is 18.7 Å². The molecule has 2 N–H and O–H groups in total. The molecule has 1 aromatic rings. The van der Waals surface area contributed by atoms with Crippen molar-refractivity contribution in [3.05, 3.63) is 35.4 Å². The number of benzene rings is 1. The van der Waals surface area contributed by atoms with Crippen molar-refractivity contribution in [2.45, 2.75) is 45.3 Å². The van der Waals surface area contributed by atoms with Crippen molar-refractivity contribution in [2.75, 3.05) is 6.61 Å². The fourth-order valence-electron chi connectivity index (χ4n) is 1.87. The zero-order valence-electron chi connectivity index (χ0n) is 12.5. The molecule has 0 aliphatic rings. The number of aliphatic hydroxyl groups is 1. The Balaban J connectivity index is 2.71. The maximum Gasteiger partial charge on any atom is 0.407 e. The molecule has 1 atom stereocenters. The number of carbonyl (C=O) groups excluding carboxylic acids is 1. The maximum absolute atomic E-state index is 13.1. The highest BCUT2D eigenvalue weighted by atomic mass is 19.1. The third-order valence-corrected chi connectivity index (χ3v) is 2.60. The predicted octanol–water partition coefficient (Wildman–Crippen LogP) is 2.78. The molecule has 0 aliphatic carbocycles. The number of carbonyl (C=O) groups is 1. The Bertz CT molecular complexity index is 466. The van der Waals surface area contributed by atoms with E-state index in [1.54, 1.807) is 20.8 Å². The van der Waals surface area contributed by atoms with Crippen LogP contribution in [0.4, 0.5) is 13.6 Å². The van der Waals surface area contributed by atoms with E-state index in [2.05, 4.69) is 5.32 Å². The van der Waals surface area contributed by atoms with Gasteiger partial charge in [-0.25, -0.2) is 13.6 Å². The first kappa shape index (κ1) is 17.4. The first-order valence-electron chi connectivity index (χ1n) is 6.75. The third-order valence-electron chi connectivity index (χ3n) is 2.60. The molecule has 1 unspecified atom stereocenters. The molecular weight excluding hydrogens is 280 g/mol. The topological polar surface area (TPSA) is 58.6 Å². The monoisotopic (exact) mass is 301 g/mol. The average molecular weight is 301 g/mol. The molecule has 0 heterocycles. The lowest BCUT2D eigenvalue weighted by Crippen LogP contribution is -2.40. The van der Waals surface area contributed by atoms with Crippen molar-refractivity contribution in [1.82, 2.24) is 5.32 Å². The van der Waals surface area contributed by atoms with Gasteiger partial charge in [-0.05, 0) is 51.3 Å². The van der Waals surface area contributed by atoms with Gasteiger partial charge in [0.05, 0.1) is 0 Å². The van der Waals surface area contributed by atoms with Gasteiger partial charge in [-0.3, -0.25) is 0 Å². The number of halogens is 2. The van der Waals surface area contributed by atoms with Crippen molar-refractivity contribution in [3.8, 4) is 0 Å². The van der Waals surface area contributed by atoms with Crippen LogP contribution in [0, 0.1) is 11.6 Å². The van der Waals surface area contributed by atoms with Crippen LogP contribution in [0.15, 0.2) is 18.2 Å². The Kier molecular flexibility index (Phi) is 6.08. The Morgan fingerprint density at radius 2 is 1.86 bits per heavy atom. The van der Waals surface area contributed by atoms with Gasteiger partial charge in [-0.1, -0.05) is 0 Å². The highest BCUT2D eigenvalue weighted by Crippen LogP contribution is 2.12. The van der Waals surface area contributed by atoms with Crippen LogP contribution >= 0.6 is 0 Å². The van der Waals surface area contributed by atoms with E-state index >= 15 is 0 Å². The summed E-state index contributed by atoms with van der Waals surface area (Å²) in [4.78, 5) is 11.7. The summed E-state index contributed by atoms with van der Waals surface area (Å²) in [6.07, 6.45) is -0.163. The van der Waals surface area contributed by atoms with Gasteiger partial charge in [-0.2, -0.15) is 0 Å². The molecule has 0 aliphatic heterocycles. The minimum absolute atomic E-state index is 0.155. The minimum atomic E-state index is -0.676. The van der Waals surface area contributed by atoms with E-state index in [1.165, 1.54) is 12.1 Å². The van der Waals surface area contributed by atoms with E-state index in [0.717, 1.165) is 6.07 Å². The fraction of sp³-hybridized carbons (Fsp3) is 0.533. The zero-order chi connectivity index (χ0) is 16.0. The summed E-state index contributed by atoms with van der Waals surface area (Å²) < 4.78 is 31.4. The van der Waals surface area contributed by atoms with Gasteiger partial charge in [0.2, 0.25) is 0 Å². The normalized spacial score (nSPS) is 12.9. The molecule has 0 bridgehead atoms. The number of rotatable bonds is 5. The van der Waals surface area contributed by atoms with Gasteiger partial charge in [0.25, 0.3) is 0 Å². The molecule has 0 saturated heterocycles. The molecule has 1 aromatic carbocycles. The number of hydrogen-bond acceptors (Lipinski definition) is 3. The van der Waals surface area contributed by atoms with Gasteiger partial charge in [0.1, 0.15) is 17.2 Å². The first-order chi connectivity index (χ1) is 9.69. The van der Waals surface area contributed by atoms with E-state index in [-0.39, 0.29) is 19.4 Å². The summed E-state index contributed by atoms with van der Waals surface area (Å²) in [6.45, 7) is 5.04. The lowest BCUT2D eigenvalue weighted by molar-refractivity contribution is 0.0497. The number of ether oxygens (including phenoxy) is 1. The zero-order valence-corrected chi connectivity index (χ0v) is 12.5. The quantitative estimate of drug-likeness (QED) is 0.879. The molecule has 21 heavy (non-hydrogen) atoms. The molecule has 1 amide bonds. The van der Waals surface area contributed by atoms with E-state index in [0.29, 0.717) is 5.56 Å². The number of hydrogen-bond donors (Lipinski definition) is 2. The van der Waals surface area contributed by atoms with Crippen LogP contribution in [0.1, 0.15) is 32.8 Å².